The van der Waals surface area contributed by atoms with Gasteiger partial charge in [-0.1, -0.05) is 6.08 Å². The molecule has 0 atom stereocenters. The van der Waals surface area contributed by atoms with E-state index < -0.39 is 0 Å². The van der Waals surface area contributed by atoms with Gasteiger partial charge in [0.25, 0.3) is 0 Å². The van der Waals surface area contributed by atoms with Crippen LogP contribution in [-0.4, -0.2) is 40.8 Å². The molecule has 3 aromatic heterocycles. The minimum atomic E-state index is 0.797. The maximum atomic E-state index is 4.75. The number of thiazole rings is 1. The van der Waals surface area contributed by atoms with E-state index in [0.29, 0.717) is 0 Å². The Hall–Kier alpha value is -2.60. The van der Waals surface area contributed by atoms with Crippen LogP contribution in [0.25, 0.3) is 26.5 Å². The maximum Gasteiger partial charge on any atom is 0.171 e. The largest absolute Gasteiger partial charge is 0.357 e. The molecule has 0 unspecified atom stereocenters. The number of aromatic nitrogens is 3. The Balaban J connectivity index is 1.45. The number of hydrogen-bond acceptors (Lipinski definition) is 6. The molecule has 0 bridgehead atoms. The summed E-state index contributed by atoms with van der Waals surface area (Å²) in [6, 6.07) is 8.39. The highest BCUT2D eigenvalue weighted by atomic mass is 32.1. The first-order valence-corrected chi connectivity index (χ1v) is 9.88. The first-order valence-electron chi connectivity index (χ1n) is 9.06. The topological polar surface area (TPSA) is 54.3 Å². The van der Waals surface area contributed by atoms with Crippen LogP contribution in [0, 0.1) is 0 Å². The fourth-order valence-electron chi connectivity index (χ4n) is 3.43. The smallest absolute Gasteiger partial charge is 0.171 e. The lowest BCUT2D eigenvalue weighted by Crippen LogP contribution is -2.18. The average Bonchev–Trinajstić information content (AvgIpc) is 3.38. The maximum absolute atomic E-state index is 4.75. The van der Waals surface area contributed by atoms with Gasteiger partial charge >= 0.3 is 0 Å². The summed E-state index contributed by atoms with van der Waals surface area (Å²) >= 11 is 1.66. The lowest BCUT2D eigenvalue weighted by Gasteiger charge is -2.15. The van der Waals surface area contributed by atoms with E-state index >= 15 is 0 Å². The number of aliphatic imine (C=N–C) groups is 1. The molecule has 0 spiro atoms. The highest BCUT2D eigenvalue weighted by molar-refractivity contribution is 7.21. The minimum Gasteiger partial charge on any atom is -0.357 e. The van der Waals surface area contributed by atoms with Crippen molar-refractivity contribution in [3.8, 4) is 10.6 Å². The van der Waals surface area contributed by atoms with E-state index in [1.165, 1.54) is 12.8 Å². The van der Waals surface area contributed by atoms with Gasteiger partial charge in [0.15, 0.2) is 5.65 Å². The summed E-state index contributed by atoms with van der Waals surface area (Å²) in [5.41, 5.74) is 3.88. The lowest BCUT2D eigenvalue weighted by molar-refractivity contribution is 0.938. The Labute approximate surface area is 156 Å². The Morgan fingerprint density at radius 2 is 1.92 bits per heavy atom. The SMILES string of the molecule is C1=NCCC=C1c1ccc2sc(-c3ccc(N4CCCC4)nc3)nc2n1. The van der Waals surface area contributed by atoms with Crippen molar-refractivity contribution in [2.45, 2.75) is 19.3 Å². The average molecular weight is 361 g/mol. The molecule has 0 aliphatic carbocycles. The third kappa shape index (κ3) is 2.90. The number of hydrogen-bond donors (Lipinski definition) is 0. The van der Waals surface area contributed by atoms with Gasteiger partial charge in [0, 0.05) is 43.2 Å². The molecule has 0 amide bonds. The molecule has 26 heavy (non-hydrogen) atoms. The standard InChI is InChI=1S/C20H19N5S/c1-2-11-25(10-1)18-8-5-15(13-22-18)20-24-19-17(26-20)7-6-16(23-19)14-4-3-9-21-12-14/h4-8,12-13H,1-3,9-11H2. The van der Waals surface area contributed by atoms with E-state index in [1.54, 1.807) is 11.3 Å². The van der Waals surface area contributed by atoms with Gasteiger partial charge in [0.2, 0.25) is 0 Å². The van der Waals surface area contributed by atoms with E-state index in [1.807, 2.05) is 12.4 Å². The number of pyridine rings is 2. The molecule has 2 aliphatic rings. The summed E-state index contributed by atoms with van der Waals surface area (Å²) in [7, 11) is 0. The van der Waals surface area contributed by atoms with E-state index in [4.69, 9.17) is 9.97 Å². The second-order valence-corrected chi connectivity index (χ2v) is 7.65. The van der Waals surface area contributed by atoms with Crippen LogP contribution in [0.2, 0.25) is 0 Å². The zero-order valence-electron chi connectivity index (χ0n) is 14.4. The number of anilines is 1. The van der Waals surface area contributed by atoms with Crippen LogP contribution >= 0.6 is 11.3 Å². The molecule has 3 aromatic rings. The highest BCUT2D eigenvalue weighted by Crippen LogP contribution is 2.31. The number of allylic oxidation sites excluding steroid dienone is 1. The fraction of sp³-hybridized carbons (Fsp3) is 0.300. The molecule has 0 saturated carbocycles. The van der Waals surface area contributed by atoms with Gasteiger partial charge in [-0.25, -0.2) is 15.0 Å². The van der Waals surface area contributed by atoms with Crippen LogP contribution in [0.15, 0.2) is 41.5 Å². The van der Waals surface area contributed by atoms with Crippen molar-refractivity contribution in [3.63, 3.8) is 0 Å². The summed E-state index contributed by atoms with van der Waals surface area (Å²) in [5, 5.41) is 0.969. The van der Waals surface area contributed by atoms with Gasteiger partial charge in [-0.05, 0) is 43.5 Å². The van der Waals surface area contributed by atoms with Gasteiger partial charge in [0.05, 0.1) is 10.4 Å². The normalized spacial score (nSPS) is 17.1. The number of fused-ring (bicyclic) bond motifs is 1. The Morgan fingerprint density at radius 3 is 2.69 bits per heavy atom. The molecule has 0 aromatic carbocycles. The van der Waals surface area contributed by atoms with E-state index in [9.17, 15) is 0 Å². The minimum absolute atomic E-state index is 0.797. The fourth-order valence-corrected chi connectivity index (χ4v) is 4.33. The monoisotopic (exact) mass is 361 g/mol. The highest BCUT2D eigenvalue weighted by Gasteiger charge is 2.14. The van der Waals surface area contributed by atoms with Crippen LogP contribution in [-0.2, 0) is 0 Å². The van der Waals surface area contributed by atoms with Crippen LogP contribution in [0.3, 0.4) is 0 Å². The molecule has 130 valence electrons. The van der Waals surface area contributed by atoms with E-state index in [0.717, 1.165) is 64.1 Å². The number of dihydropyridines is 1. The summed E-state index contributed by atoms with van der Waals surface area (Å²) in [6.07, 6.45) is 9.53. The summed E-state index contributed by atoms with van der Waals surface area (Å²) in [5.74, 6) is 1.07. The van der Waals surface area contributed by atoms with Crippen molar-refractivity contribution >= 4 is 39.3 Å². The van der Waals surface area contributed by atoms with Crippen molar-refractivity contribution in [1.29, 1.82) is 0 Å². The molecule has 5 nitrogen and oxygen atoms in total. The quantitative estimate of drug-likeness (QED) is 0.701. The second-order valence-electron chi connectivity index (χ2n) is 6.62. The van der Waals surface area contributed by atoms with Gasteiger partial charge in [-0.2, -0.15) is 0 Å². The summed E-state index contributed by atoms with van der Waals surface area (Å²) in [4.78, 5) is 20.8. The Bertz CT molecular complexity index is 997. The molecule has 6 heteroatoms. The van der Waals surface area contributed by atoms with E-state index in [-0.39, 0.29) is 0 Å². The van der Waals surface area contributed by atoms with Crippen LogP contribution in [0.4, 0.5) is 5.82 Å². The van der Waals surface area contributed by atoms with Gasteiger partial charge in [0.1, 0.15) is 10.8 Å². The van der Waals surface area contributed by atoms with Crippen molar-refractivity contribution in [2.75, 3.05) is 24.5 Å². The van der Waals surface area contributed by atoms with Crippen molar-refractivity contribution in [2.24, 2.45) is 4.99 Å². The zero-order chi connectivity index (χ0) is 17.3. The summed E-state index contributed by atoms with van der Waals surface area (Å²) in [6.45, 7) is 3.09. The molecule has 0 radical (unpaired) electrons. The van der Waals surface area contributed by atoms with E-state index in [2.05, 4.69) is 45.2 Å². The van der Waals surface area contributed by atoms with Gasteiger partial charge < -0.3 is 4.90 Å². The van der Waals surface area contributed by atoms with Gasteiger partial charge in [-0.3, -0.25) is 4.99 Å². The molecule has 0 N–H and O–H groups in total. The van der Waals surface area contributed by atoms with Crippen molar-refractivity contribution in [1.82, 2.24) is 15.0 Å². The Kier molecular flexibility index (Phi) is 3.97. The third-order valence-electron chi connectivity index (χ3n) is 4.83. The van der Waals surface area contributed by atoms with Crippen molar-refractivity contribution < 1.29 is 0 Å². The Morgan fingerprint density at radius 1 is 1.00 bits per heavy atom. The molecule has 5 heterocycles. The van der Waals surface area contributed by atoms with Gasteiger partial charge in [-0.15, -0.1) is 11.3 Å². The lowest BCUT2D eigenvalue weighted by atomic mass is 10.1. The molecular weight excluding hydrogens is 342 g/mol. The first kappa shape index (κ1) is 15.6. The summed E-state index contributed by atoms with van der Waals surface area (Å²) < 4.78 is 1.10. The van der Waals surface area contributed by atoms with Crippen LogP contribution in [0.1, 0.15) is 25.0 Å². The number of nitrogens with zero attached hydrogens (tertiary/aromatic N) is 5. The molecular formula is C20H19N5S. The third-order valence-corrected chi connectivity index (χ3v) is 5.89. The predicted molar refractivity (Wildman–Crippen MR) is 108 cm³/mol. The van der Waals surface area contributed by atoms with Crippen LogP contribution in [0.5, 0.6) is 0 Å². The molecule has 1 saturated heterocycles. The predicted octanol–water partition coefficient (Wildman–Crippen LogP) is 4.21. The number of rotatable bonds is 3. The molecule has 5 rings (SSSR count). The molecule has 2 aliphatic heterocycles. The molecule has 1 fully saturated rings. The first-order chi connectivity index (χ1) is 12.9. The zero-order valence-corrected chi connectivity index (χ0v) is 15.2. The van der Waals surface area contributed by atoms with Crippen LogP contribution < -0.4 is 4.90 Å². The second kappa shape index (κ2) is 6.61. The van der Waals surface area contributed by atoms with Crippen molar-refractivity contribution in [3.05, 3.63) is 42.2 Å².